The largest absolute Gasteiger partial charge is 0.457 e. The van der Waals surface area contributed by atoms with Crippen LogP contribution in [0.3, 0.4) is 0 Å². The Hall–Kier alpha value is -3.00. The Balaban J connectivity index is 2.00. The molecule has 0 atom stereocenters. The zero-order chi connectivity index (χ0) is 20.0. The normalized spacial score (nSPS) is 10.6. The number of aromatic nitrogens is 1. The second-order valence-corrected chi connectivity index (χ2v) is 6.08. The number of rotatable bonds is 9. The lowest BCUT2D eigenvalue weighted by atomic mass is 10.1. The van der Waals surface area contributed by atoms with Crippen molar-refractivity contribution in [2.45, 2.75) is 26.8 Å². The molecule has 1 aromatic carbocycles. The van der Waals surface area contributed by atoms with Crippen LogP contribution in [-0.2, 0) is 27.2 Å². The van der Waals surface area contributed by atoms with Gasteiger partial charge in [0, 0.05) is 42.2 Å². The van der Waals surface area contributed by atoms with Crippen LogP contribution in [0.1, 0.15) is 27.3 Å². The molecule has 0 bridgehead atoms. The number of para-hydroxylation sites is 1. The van der Waals surface area contributed by atoms with Gasteiger partial charge in [0.05, 0.1) is 18.0 Å². The monoisotopic (exact) mass is 374 g/mol. The van der Waals surface area contributed by atoms with Crippen molar-refractivity contribution < 1.29 is 24.0 Å². The summed E-state index contributed by atoms with van der Waals surface area (Å²) < 4.78 is 12.1. The Morgan fingerprint density at radius 1 is 1.22 bits per heavy atom. The fraction of sp³-hybridized carbons (Fsp3) is 0.368. The van der Waals surface area contributed by atoms with Gasteiger partial charge in [0.2, 0.25) is 5.78 Å². The lowest BCUT2D eigenvalue weighted by Gasteiger charge is -2.09. The van der Waals surface area contributed by atoms with Gasteiger partial charge in [0.25, 0.3) is 5.69 Å². The molecule has 0 spiro atoms. The predicted octanol–water partition coefficient (Wildman–Crippen LogP) is 2.63. The Morgan fingerprint density at radius 2 is 1.93 bits per heavy atom. The average molecular weight is 374 g/mol. The highest BCUT2D eigenvalue weighted by Crippen LogP contribution is 2.19. The highest BCUT2D eigenvalue weighted by Gasteiger charge is 2.19. The molecule has 0 fully saturated rings. The molecule has 0 amide bonds. The van der Waals surface area contributed by atoms with Crippen LogP contribution in [0.5, 0.6) is 0 Å². The number of hydrogen-bond acceptors (Lipinski definition) is 6. The topological polar surface area (TPSA) is 101 Å². The highest BCUT2D eigenvalue weighted by atomic mass is 16.6. The van der Waals surface area contributed by atoms with E-state index in [9.17, 15) is 19.7 Å². The minimum atomic E-state index is -0.689. The van der Waals surface area contributed by atoms with Gasteiger partial charge in [0.15, 0.2) is 6.61 Å². The second-order valence-electron chi connectivity index (χ2n) is 6.08. The molecule has 2 rings (SSSR count). The summed E-state index contributed by atoms with van der Waals surface area (Å²) in [5.41, 5.74) is 2.28. The molecule has 0 aliphatic heterocycles. The number of carbonyl (C=O) groups is 2. The molecule has 0 N–H and O–H groups in total. The number of nitro groups is 1. The third kappa shape index (κ3) is 5.01. The Labute approximate surface area is 156 Å². The molecule has 8 nitrogen and oxygen atoms in total. The number of benzene rings is 1. The van der Waals surface area contributed by atoms with E-state index in [4.69, 9.17) is 9.47 Å². The number of methoxy groups -OCH3 is 1. The predicted molar refractivity (Wildman–Crippen MR) is 97.9 cm³/mol. The van der Waals surface area contributed by atoms with Crippen LogP contribution >= 0.6 is 0 Å². The molecule has 0 saturated carbocycles. The smallest absolute Gasteiger partial charge is 0.310 e. The van der Waals surface area contributed by atoms with Gasteiger partial charge in [-0.2, -0.15) is 0 Å². The molecule has 1 heterocycles. The minimum Gasteiger partial charge on any atom is -0.457 e. The Kier molecular flexibility index (Phi) is 6.84. The van der Waals surface area contributed by atoms with Crippen molar-refractivity contribution in [1.82, 2.24) is 4.57 Å². The minimum absolute atomic E-state index is 0.150. The summed E-state index contributed by atoms with van der Waals surface area (Å²) in [4.78, 5) is 34.8. The first-order valence-electron chi connectivity index (χ1n) is 8.42. The molecule has 0 saturated heterocycles. The van der Waals surface area contributed by atoms with E-state index in [0.29, 0.717) is 18.7 Å². The van der Waals surface area contributed by atoms with Crippen LogP contribution in [0.25, 0.3) is 0 Å². The van der Waals surface area contributed by atoms with Crippen molar-refractivity contribution in [3.8, 4) is 0 Å². The number of Topliss-reactive ketones (excluding diaryl/α,β-unsaturated/α-hetero) is 1. The van der Waals surface area contributed by atoms with Gasteiger partial charge in [-0.05, 0) is 19.9 Å². The summed E-state index contributed by atoms with van der Waals surface area (Å²) in [6, 6.07) is 7.70. The van der Waals surface area contributed by atoms with E-state index in [0.717, 1.165) is 11.4 Å². The molecule has 27 heavy (non-hydrogen) atoms. The molecule has 1 aromatic heterocycles. The van der Waals surface area contributed by atoms with Crippen molar-refractivity contribution in [1.29, 1.82) is 0 Å². The summed E-state index contributed by atoms with van der Waals surface area (Å²) in [6.07, 6.45) is -0.267. The van der Waals surface area contributed by atoms with Crippen molar-refractivity contribution in [2.24, 2.45) is 0 Å². The van der Waals surface area contributed by atoms with Gasteiger partial charge < -0.3 is 14.0 Å². The van der Waals surface area contributed by atoms with Gasteiger partial charge in [-0.1, -0.05) is 18.2 Å². The Morgan fingerprint density at radius 3 is 2.59 bits per heavy atom. The summed E-state index contributed by atoms with van der Waals surface area (Å²) in [6.45, 7) is 4.45. The van der Waals surface area contributed by atoms with Gasteiger partial charge in [-0.15, -0.1) is 0 Å². The van der Waals surface area contributed by atoms with Crippen LogP contribution in [0.2, 0.25) is 0 Å². The molecule has 144 valence electrons. The summed E-state index contributed by atoms with van der Waals surface area (Å²) >= 11 is 0. The maximum atomic E-state index is 12.4. The molecular weight excluding hydrogens is 352 g/mol. The average Bonchev–Trinajstić information content (AvgIpc) is 2.92. The number of ketones is 1. The first-order chi connectivity index (χ1) is 12.8. The highest BCUT2D eigenvalue weighted by molar-refractivity contribution is 5.99. The molecule has 0 aliphatic carbocycles. The lowest BCUT2D eigenvalue weighted by Crippen LogP contribution is -2.17. The summed E-state index contributed by atoms with van der Waals surface area (Å²) in [5.74, 6) is -1.01. The maximum Gasteiger partial charge on any atom is 0.310 e. The standard InChI is InChI=1S/C19H22N2O6/c1-13-10-16(14(2)20(13)8-9-26-3)18(22)12-27-19(23)11-15-6-4-5-7-17(15)21(24)25/h4-7,10H,8-9,11-12H2,1-3H3. The van der Waals surface area contributed by atoms with E-state index in [1.165, 1.54) is 18.2 Å². The van der Waals surface area contributed by atoms with Crippen LogP contribution in [0.4, 0.5) is 5.69 Å². The number of nitro benzene ring substituents is 1. The number of nitrogens with zero attached hydrogens (tertiary/aromatic N) is 2. The number of hydrogen-bond donors (Lipinski definition) is 0. The maximum absolute atomic E-state index is 12.4. The van der Waals surface area contributed by atoms with Crippen LogP contribution in [-0.4, -0.2) is 41.6 Å². The fourth-order valence-electron chi connectivity index (χ4n) is 2.88. The molecule has 0 unspecified atom stereocenters. The van der Waals surface area contributed by atoms with E-state index >= 15 is 0 Å². The number of carbonyl (C=O) groups excluding carboxylic acids is 2. The molecule has 0 aliphatic rings. The SMILES string of the molecule is COCCn1c(C)cc(C(=O)COC(=O)Cc2ccccc2[N+](=O)[O-])c1C. The van der Waals surface area contributed by atoms with Crippen LogP contribution in [0.15, 0.2) is 30.3 Å². The van der Waals surface area contributed by atoms with Crippen LogP contribution in [0, 0.1) is 24.0 Å². The fourth-order valence-corrected chi connectivity index (χ4v) is 2.88. The first-order valence-corrected chi connectivity index (χ1v) is 8.42. The quantitative estimate of drug-likeness (QED) is 0.289. The van der Waals surface area contributed by atoms with Crippen molar-refractivity contribution >= 4 is 17.4 Å². The van der Waals surface area contributed by atoms with Gasteiger partial charge in [0.1, 0.15) is 0 Å². The van der Waals surface area contributed by atoms with Gasteiger partial charge in [-0.3, -0.25) is 19.7 Å². The van der Waals surface area contributed by atoms with E-state index in [1.807, 2.05) is 18.4 Å². The van der Waals surface area contributed by atoms with E-state index in [1.54, 1.807) is 19.2 Å². The first kappa shape index (κ1) is 20.3. The van der Waals surface area contributed by atoms with Crippen molar-refractivity contribution in [3.05, 3.63) is 63.0 Å². The third-order valence-corrected chi connectivity index (χ3v) is 4.28. The van der Waals surface area contributed by atoms with E-state index in [-0.39, 0.29) is 23.5 Å². The zero-order valence-corrected chi connectivity index (χ0v) is 15.6. The van der Waals surface area contributed by atoms with E-state index in [2.05, 4.69) is 0 Å². The number of aryl methyl sites for hydroxylation is 1. The molecule has 8 heteroatoms. The van der Waals surface area contributed by atoms with Crippen molar-refractivity contribution in [2.75, 3.05) is 20.3 Å². The number of esters is 1. The summed E-state index contributed by atoms with van der Waals surface area (Å²) in [5, 5.41) is 11.0. The van der Waals surface area contributed by atoms with E-state index < -0.39 is 17.5 Å². The van der Waals surface area contributed by atoms with Gasteiger partial charge >= 0.3 is 5.97 Å². The van der Waals surface area contributed by atoms with Gasteiger partial charge in [-0.25, -0.2) is 0 Å². The Bertz CT molecular complexity index is 856. The van der Waals surface area contributed by atoms with Crippen molar-refractivity contribution in [3.63, 3.8) is 0 Å². The lowest BCUT2D eigenvalue weighted by molar-refractivity contribution is -0.385. The molecular formula is C19H22N2O6. The van der Waals surface area contributed by atoms with Crippen LogP contribution < -0.4 is 0 Å². The second kappa shape index (κ2) is 9.09. The third-order valence-electron chi connectivity index (χ3n) is 4.28. The molecule has 2 aromatic rings. The number of ether oxygens (including phenoxy) is 2. The zero-order valence-electron chi connectivity index (χ0n) is 15.6. The molecule has 0 radical (unpaired) electrons. The summed E-state index contributed by atoms with van der Waals surface area (Å²) in [7, 11) is 1.61.